The quantitative estimate of drug-likeness (QED) is 0.559. The summed E-state index contributed by atoms with van der Waals surface area (Å²) in [5.41, 5.74) is 1.16. The van der Waals surface area contributed by atoms with Gasteiger partial charge in [-0.25, -0.2) is 13.1 Å². The maximum absolute atomic E-state index is 13.6. The number of furan rings is 1. The van der Waals surface area contributed by atoms with Crippen LogP contribution in [0.2, 0.25) is 0 Å². The molecule has 1 aromatic carbocycles. The molecule has 186 valence electrons. The Bertz CT molecular complexity index is 1300. The third kappa shape index (κ3) is 5.04. The van der Waals surface area contributed by atoms with Crippen molar-refractivity contribution in [1.29, 1.82) is 0 Å². The maximum atomic E-state index is 13.6. The number of amides is 1. The summed E-state index contributed by atoms with van der Waals surface area (Å²) in [6.07, 6.45) is 7.76. The third-order valence-electron chi connectivity index (χ3n) is 6.98. The molecule has 0 bridgehead atoms. The van der Waals surface area contributed by atoms with E-state index in [0.29, 0.717) is 24.4 Å². The Morgan fingerprint density at radius 1 is 1.14 bits per heavy atom. The first-order valence-corrected chi connectivity index (χ1v) is 13.7. The minimum atomic E-state index is -3.80. The molecule has 2 aromatic heterocycles. The van der Waals surface area contributed by atoms with Crippen LogP contribution in [0.3, 0.4) is 0 Å². The Labute approximate surface area is 205 Å². The summed E-state index contributed by atoms with van der Waals surface area (Å²) < 4.78 is 35.7. The first-order valence-electron chi connectivity index (χ1n) is 12.3. The van der Waals surface area contributed by atoms with Crippen molar-refractivity contribution in [3.05, 3.63) is 65.1 Å². The van der Waals surface area contributed by atoms with Crippen molar-refractivity contribution in [1.82, 2.24) is 24.4 Å². The summed E-state index contributed by atoms with van der Waals surface area (Å²) in [6, 6.07) is 8.10. The van der Waals surface area contributed by atoms with Gasteiger partial charge in [-0.2, -0.15) is 0 Å². The summed E-state index contributed by atoms with van der Waals surface area (Å²) in [6.45, 7) is 4.02. The van der Waals surface area contributed by atoms with Crippen molar-refractivity contribution in [2.75, 3.05) is 13.1 Å². The van der Waals surface area contributed by atoms with E-state index in [0.717, 1.165) is 55.9 Å². The molecule has 1 N–H and O–H groups in total. The number of benzene rings is 1. The molecule has 1 unspecified atom stereocenters. The average Bonchev–Trinajstić information content (AvgIpc) is 3.47. The smallest absolute Gasteiger partial charge is 0.254 e. The average molecular weight is 498 g/mol. The number of carbonyl (C=O) groups excluding carboxylic acids is 1. The number of carbonyl (C=O) groups is 1. The van der Waals surface area contributed by atoms with E-state index >= 15 is 0 Å². The van der Waals surface area contributed by atoms with E-state index in [-0.39, 0.29) is 23.3 Å². The predicted molar refractivity (Wildman–Crippen MR) is 129 cm³/mol. The lowest BCUT2D eigenvalue weighted by Crippen LogP contribution is -2.40. The van der Waals surface area contributed by atoms with Gasteiger partial charge in [-0.3, -0.25) is 4.79 Å². The van der Waals surface area contributed by atoms with Gasteiger partial charge in [-0.15, -0.1) is 10.2 Å². The largest absolute Gasteiger partial charge is 0.468 e. The van der Waals surface area contributed by atoms with Gasteiger partial charge < -0.3 is 13.9 Å². The maximum Gasteiger partial charge on any atom is 0.254 e. The van der Waals surface area contributed by atoms with Crippen LogP contribution < -0.4 is 4.72 Å². The van der Waals surface area contributed by atoms with Gasteiger partial charge in [0, 0.05) is 37.5 Å². The number of nitrogens with one attached hydrogen (secondary N) is 1. The Morgan fingerprint density at radius 3 is 2.86 bits per heavy atom. The van der Waals surface area contributed by atoms with E-state index in [1.165, 1.54) is 24.8 Å². The molecule has 2 aliphatic heterocycles. The molecule has 9 nitrogen and oxygen atoms in total. The third-order valence-corrected chi connectivity index (χ3v) is 8.38. The number of nitrogens with zero attached hydrogens (tertiary/aromatic N) is 4. The summed E-state index contributed by atoms with van der Waals surface area (Å²) in [4.78, 5) is 15.5. The lowest BCUT2D eigenvalue weighted by Gasteiger charge is -2.33. The van der Waals surface area contributed by atoms with Crippen LogP contribution in [0.15, 0.2) is 45.9 Å². The summed E-state index contributed by atoms with van der Waals surface area (Å²) >= 11 is 0. The van der Waals surface area contributed by atoms with E-state index in [9.17, 15) is 13.2 Å². The normalized spacial score (nSPS) is 18.8. The van der Waals surface area contributed by atoms with Gasteiger partial charge in [0.05, 0.1) is 17.7 Å². The molecule has 0 saturated carbocycles. The van der Waals surface area contributed by atoms with Crippen molar-refractivity contribution >= 4 is 15.9 Å². The molecule has 10 heteroatoms. The van der Waals surface area contributed by atoms with Gasteiger partial charge in [-0.05, 0) is 62.4 Å². The molecular weight excluding hydrogens is 466 g/mol. The van der Waals surface area contributed by atoms with E-state index in [1.54, 1.807) is 18.2 Å². The van der Waals surface area contributed by atoms with Crippen LogP contribution in [0.5, 0.6) is 0 Å². The molecule has 1 saturated heterocycles. The molecule has 3 aromatic rings. The van der Waals surface area contributed by atoms with E-state index in [2.05, 4.69) is 19.5 Å². The van der Waals surface area contributed by atoms with Gasteiger partial charge in [0.25, 0.3) is 5.91 Å². The second-order valence-corrected chi connectivity index (χ2v) is 11.2. The zero-order chi connectivity index (χ0) is 24.4. The second-order valence-electron chi connectivity index (χ2n) is 9.41. The number of rotatable bonds is 6. The number of sulfonamides is 1. The van der Waals surface area contributed by atoms with E-state index < -0.39 is 10.0 Å². The van der Waals surface area contributed by atoms with Crippen molar-refractivity contribution in [3.63, 3.8) is 0 Å². The van der Waals surface area contributed by atoms with Crippen LogP contribution in [-0.4, -0.2) is 47.1 Å². The standard InChI is InChI=1S/C25H31N5O4S/c1-18-10-11-21(35(32,33)26-16-20-8-6-14-34-20)15-22(18)25(31)29-12-5-7-19(17-29)24-28-27-23-9-3-2-4-13-30(23)24/h6,8,10-11,14-15,19,26H,2-5,7,9,12-13,16-17H2,1H3. The lowest BCUT2D eigenvalue weighted by molar-refractivity contribution is 0.0702. The number of aromatic nitrogens is 3. The van der Waals surface area contributed by atoms with Crippen molar-refractivity contribution in [2.45, 2.75) is 69.4 Å². The molecule has 0 spiro atoms. The molecule has 5 rings (SSSR count). The summed E-state index contributed by atoms with van der Waals surface area (Å²) in [7, 11) is -3.80. The van der Waals surface area contributed by atoms with E-state index in [4.69, 9.17) is 4.42 Å². The zero-order valence-corrected chi connectivity index (χ0v) is 20.8. The minimum Gasteiger partial charge on any atom is -0.468 e. The van der Waals surface area contributed by atoms with Crippen LogP contribution in [0.4, 0.5) is 0 Å². The van der Waals surface area contributed by atoms with Crippen LogP contribution in [-0.2, 0) is 29.5 Å². The fourth-order valence-electron chi connectivity index (χ4n) is 5.01. The second kappa shape index (κ2) is 9.94. The van der Waals surface area contributed by atoms with Crippen LogP contribution in [0, 0.1) is 6.92 Å². The van der Waals surface area contributed by atoms with Gasteiger partial charge in [0.1, 0.15) is 17.4 Å². The van der Waals surface area contributed by atoms with Crippen molar-refractivity contribution in [3.8, 4) is 0 Å². The number of piperidine rings is 1. The molecule has 4 heterocycles. The topological polar surface area (TPSA) is 110 Å². The highest BCUT2D eigenvalue weighted by molar-refractivity contribution is 7.89. The number of likely N-dealkylation sites (tertiary alicyclic amines) is 1. The van der Waals surface area contributed by atoms with Gasteiger partial charge in [-0.1, -0.05) is 12.5 Å². The Hall–Kier alpha value is -2.98. The highest BCUT2D eigenvalue weighted by atomic mass is 32.2. The molecule has 0 radical (unpaired) electrons. The van der Waals surface area contributed by atoms with Gasteiger partial charge in [0.2, 0.25) is 10.0 Å². The lowest BCUT2D eigenvalue weighted by atomic mass is 9.96. The highest BCUT2D eigenvalue weighted by Gasteiger charge is 2.31. The highest BCUT2D eigenvalue weighted by Crippen LogP contribution is 2.29. The molecule has 1 atom stereocenters. The number of aryl methyl sites for hydroxylation is 2. The minimum absolute atomic E-state index is 0.0446. The Morgan fingerprint density at radius 2 is 2.03 bits per heavy atom. The van der Waals surface area contributed by atoms with Crippen molar-refractivity contribution < 1.29 is 17.6 Å². The monoisotopic (exact) mass is 497 g/mol. The summed E-state index contributed by atoms with van der Waals surface area (Å²) in [5.74, 6) is 2.54. The van der Waals surface area contributed by atoms with Crippen LogP contribution in [0.25, 0.3) is 0 Å². The Kier molecular flexibility index (Phi) is 6.75. The zero-order valence-electron chi connectivity index (χ0n) is 19.9. The number of fused-ring (bicyclic) bond motifs is 1. The molecular formula is C25H31N5O4S. The van der Waals surface area contributed by atoms with E-state index in [1.807, 2.05) is 11.8 Å². The fraction of sp³-hybridized carbons (Fsp3) is 0.480. The number of hydrogen-bond acceptors (Lipinski definition) is 6. The molecule has 2 aliphatic rings. The van der Waals surface area contributed by atoms with Crippen molar-refractivity contribution in [2.24, 2.45) is 0 Å². The van der Waals surface area contributed by atoms with Gasteiger partial charge in [0.15, 0.2) is 0 Å². The first kappa shape index (κ1) is 23.7. The van der Waals surface area contributed by atoms with Crippen LogP contribution in [0.1, 0.15) is 71.4 Å². The fourth-order valence-corrected chi connectivity index (χ4v) is 6.03. The number of hydrogen-bond donors (Lipinski definition) is 1. The molecule has 1 amide bonds. The SMILES string of the molecule is Cc1ccc(S(=O)(=O)NCc2ccco2)cc1C(=O)N1CCCC(c2nnc3n2CCCCC3)C1. The van der Waals surface area contributed by atoms with Gasteiger partial charge >= 0.3 is 0 Å². The Balaban J connectivity index is 1.34. The molecule has 1 fully saturated rings. The predicted octanol–water partition coefficient (Wildman–Crippen LogP) is 3.40. The summed E-state index contributed by atoms with van der Waals surface area (Å²) in [5, 5.41) is 8.95. The molecule has 0 aliphatic carbocycles. The molecule has 35 heavy (non-hydrogen) atoms. The first-order chi connectivity index (χ1) is 16.9. The van der Waals surface area contributed by atoms with Crippen LogP contribution >= 0.6 is 0 Å².